The molecule has 1 heterocycles. The van der Waals surface area contributed by atoms with Crippen LogP contribution in [0.3, 0.4) is 0 Å². The van der Waals surface area contributed by atoms with Crippen molar-refractivity contribution in [2.24, 2.45) is 0 Å². The van der Waals surface area contributed by atoms with E-state index in [2.05, 4.69) is 0 Å². The number of thiophene rings is 1. The molecule has 1 unspecified atom stereocenters. The van der Waals surface area contributed by atoms with Crippen molar-refractivity contribution in [3.05, 3.63) is 57.0 Å². The molecule has 1 aromatic heterocycles. The maximum absolute atomic E-state index is 13.5. The van der Waals surface area contributed by atoms with Crippen LogP contribution in [0.4, 0.5) is 4.39 Å². The normalized spacial score (nSPS) is 12.8. The molecule has 0 amide bonds. The first kappa shape index (κ1) is 11.6. The molecule has 1 atom stereocenters. The minimum absolute atomic E-state index is 0.140. The Labute approximate surface area is 104 Å². The summed E-state index contributed by atoms with van der Waals surface area (Å²) >= 11 is 7.97. The van der Waals surface area contributed by atoms with Crippen LogP contribution in [-0.4, -0.2) is 0 Å². The Kier molecular flexibility index (Phi) is 3.31. The molecule has 0 nitrogen and oxygen atoms in total. The van der Waals surface area contributed by atoms with Gasteiger partial charge in [-0.2, -0.15) is 0 Å². The number of benzene rings is 1. The molecule has 0 fully saturated rings. The Hall–Kier alpha value is -0.860. The van der Waals surface area contributed by atoms with Crippen LogP contribution in [0.1, 0.15) is 26.9 Å². The molecule has 0 aliphatic carbocycles. The average Bonchev–Trinajstić information content (AvgIpc) is 2.77. The molecule has 0 aliphatic rings. The highest BCUT2D eigenvalue weighted by molar-refractivity contribution is 7.10. The Balaban J connectivity index is 2.42. The van der Waals surface area contributed by atoms with Crippen LogP contribution in [0.25, 0.3) is 0 Å². The van der Waals surface area contributed by atoms with Gasteiger partial charge in [0.1, 0.15) is 5.82 Å². The number of alkyl halides is 1. The molecule has 16 heavy (non-hydrogen) atoms. The summed E-state index contributed by atoms with van der Waals surface area (Å²) in [5.74, 6) is -0.140. The van der Waals surface area contributed by atoms with Gasteiger partial charge in [-0.05, 0) is 42.0 Å². The lowest BCUT2D eigenvalue weighted by molar-refractivity contribution is 0.608. The van der Waals surface area contributed by atoms with Crippen LogP contribution in [0, 0.1) is 19.7 Å². The fourth-order valence-electron chi connectivity index (χ4n) is 1.73. The summed E-state index contributed by atoms with van der Waals surface area (Å²) in [4.78, 5) is 1.09. The number of hydrogen-bond donors (Lipinski definition) is 0. The van der Waals surface area contributed by atoms with Crippen LogP contribution in [0.2, 0.25) is 0 Å². The van der Waals surface area contributed by atoms with Gasteiger partial charge in [0.2, 0.25) is 0 Å². The molecule has 3 heteroatoms. The monoisotopic (exact) mass is 254 g/mol. The van der Waals surface area contributed by atoms with Crippen molar-refractivity contribution in [3.8, 4) is 0 Å². The maximum Gasteiger partial charge on any atom is 0.129 e. The van der Waals surface area contributed by atoms with Crippen molar-refractivity contribution >= 4 is 22.9 Å². The lowest BCUT2D eigenvalue weighted by Crippen LogP contribution is -1.96. The molecule has 84 valence electrons. The molecule has 2 rings (SSSR count). The quantitative estimate of drug-likeness (QED) is 0.673. The van der Waals surface area contributed by atoms with E-state index >= 15 is 0 Å². The van der Waals surface area contributed by atoms with Crippen molar-refractivity contribution in [2.45, 2.75) is 19.2 Å². The summed E-state index contributed by atoms with van der Waals surface area (Å²) in [6.45, 7) is 3.54. The first-order valence-electron chi connectivity index (χ1n) is 5.03. The minimum atomic E-state index is -0.182. The predicted octanol–water partition coefficient (Wildman–Crippen LogP) is 4.83. The molecule has 0 radical (unpaired) electrons. The molecule has 0 spiro atoms. The van der Waals surface area contributed by atoms with E-state index < -0.39 is 0 Å². The smallest absolute Gasteiger partial charge is 0.129 e. The van der Waals surface area contributed by atoms with Crippen molar-refractivity contribution in [3.63, 3.8) is 0 Å². The van der Waals surface area contributed by atoms with Gasteiger partial charge < -0.3 is 0 Å². The molecule has 2 aromatic rings. The highest BCUT2D eigenvalue weighted by Gasteiger charge is 2.14. The van der Waals surface area contributed by atoms with Gasteiger partial charge in [0.15, 0.2) is 0 Å². The fraction of sp³-hybridized carbons (Fsp3) is 0.231. The van der Waals surface area contributed by atoms with E-state index in [4.69, 9.17) is 11.6 Å². The van der Waals surface area contributed by atoms with E-state index in [0.29, 0.717) is 11.1 Å². The van der Waals surface area contributed by atoms with Gasteiger partial charge in [-0.1, -0.05) is 18.2 Å². The van der Waals surface area contributed by atoms with Crippen LogP contribution in [-0.2, 0) is 0 Å². The summed E-state index contributed by atoms with van der Waals surface area (Å²) < 4.78 is 13.5. The van der Waals surface area contributed by atoms with Gasteiger partial charge in [0, 0.05) is 4.88 Å². The zero-order valence-corrected chi connectivity index (χ0v) is 10.7. The second kappa shape index (κ2) is 4.56. The average molecular weight is 255 g/mol. The van der Waals surface area contributed by atoms with Crippen LogP contribution in [0.15, 0.2) is 29.6 Å². The van der Waals surface area contributed by atoms with Gasteiger partial charge >= 0.3 is 0 Å². The Morgan fingerprint density at radius 1 is 1.25 bits per heavy atom. The van der Waals surface area contributed by atoms with Crippen molar-refractivity contribution < 1.29 is 4.39 Å². The SMILES string of the molecule is Cc1cc(C(Cl)c2cccs2)cc(C)c1F. The van der Waals surface area contributed by atoms with Gasteiger partial charge in [0.25, 0.3) is 0 Å². The molecular formula is C13H12ClFS. The van der Waals surface area contributed by atoms with Crippen molar-refractivity contribution in [2.75, 3.05) is 0 Å². The van der Waals surface area contributed by atoms with Gasteiger partial charge in [-0.3, -0.25) is 0 Å². The molecule has 0 aliphatic heterocycles. The van der Waals surface area contributed by atoms with Crippen LogP contribution >= 0.6 is 22.9 Å². The summed E-state index contributed by atoms with van der Waals surface area (Å²) in [5, 5.41) is 1.81. The van der Waals surface area contributed by atoms with E-state index in [0.717, 1.165) is 10.4 Å². The zero-order valence-electron chi connectivity index (χ0n) is 9.13. The Bertz CT molecular complexity index is 468. The van der Waals surface area contributed by atoms with Crippen LogP contribution < -0.4 is 0 Å². The van der Waals surface area contributed by atoms with Crippen molar-refractivity contribution in [1.82, 2.24) is 0 Å². The maximum atomic E-state index is 13.5. The second-order valence-electron chi connectivity index (χ2n) is 3.85. The third-order valence-electron chi connectivity index (χ3n) is 2.54. The first-order chi connectivity index (χ1) is 7.59. The molecule has 0 N–H and O–H groups in total. The van der Waals surface area contributed by atoms with Gasteiger partial charge in [0.05, 0.1) is 5.38 Å². The molecule has 0 bridgehead atoms. The summed E-state index contributed by atoms with van der Waals surface area (Å²) in [6, 6.07) is 7.61. The summed E-state index contributed by atoms with van der Waals surface area (Å²) in [5.41, 5.74) is 2.26. The molecular weight excluding hydrogens is 243 g/mol. The van der Waals surface area contributed by atoms with Gasteiger partial charge in [-0.15, -0.1) is 22.9 Å². The zero-order chi connectivity index (χ0) is 11.7. The number of rotatable bonds is 2. The third-order valence-corrected chi connectivity index (χ3v) is 4.10. The van der Waals surface area contributed by atoms with Crippen molar-refractivity contribution in [1.29, 1.82) is 0 Å². The largest absolute Gasteiger partial charge is 0.206 e. The molecule has 0 saturated carbocycles. The predicted molar refractivity (Wildman–Crippen MR) is 67.9 cm³/mol. The fourth-order valence-corrected chi connectivity index (χ4v) is 2.81. The molecule has 1 aromatic carbocycles. The highest BCUT2D eigenvalue weighted by Crippen LogP contribution is 2.33. The summed E-state index contributed by atoms with van der Waals surface area (Å²) in [6.07, 6.45) is 0. The minimum Gasteiger partial charge on any atom is -0.206 e. The van der Waals surface area contributed by atoms with E-state index in [1.807, 2.05) is 29.6 Å². The standard InChI is InChI=1S/C13H12ClFS/c1-8-6-10(7-9(2)13(8)15)12(14)11-4-3-5-16-11/h3-7,12H,1-2H3. The van der Waals surface area contributed by atoms with E-state index in [1.165, 1.54) is 0 Å². The third kappa shape index (κ3) is 2.13. The summed E-state index contributed by atoms with van der Waals surface area (Å²) in [7, 11) is 0. The van der Waals surface area contributed by atoms with Gasteiger partial charge in [-0.25, -0.2) is 4.39 Å². The number of halogens is 2. The Morgan fingerprint density at radius 3 is 2.38 bits per heavy atom. The number of aryl methyl sites for hydroxylation is 2. The Morgan fingerprint density at radius 2 is 1.88 bits per heavy atom. The van der Waals surface area contributed by atoms with E-state index in [1.54, 1.807) is 25.2 Å². The lowest BCUT2D eigenvalue weighted by Gasteiger charge is -2.11. The highest BCUT2D eigenvalue weighted by atomic mass is 35.5. The first-order valence-corrected chi connectivity index (χ1v) is 6.35. The topological polar surface area (TPSA) is 0 Å². The molecule has 0 saturated heterocycles. The van der Waals surface area contributed by atoms with Crippen LogP contribution in [0.5, 0.6) is 0 Å². The number of hydrogen-bond acceptors (Lipinski definition) is 1. The second-order valence-corrected chi connectivity index (χ2v) is 5.26. The lowest BCUT2D eigenvalue weighted by atomic mass is 10.0. The van der Waals surface area contributed by atoms with E-state index in [9.17, 15) is 4.39 Å². The van der Waals surface area contributed by atoms with E-state index in [-0.39, 0.29) is 11.2 Å².